The van der Waals surface area contributed by atoms with E-state index in [9.17, 15) is 18.6 Å². The lowest BCUT2D eigenvalue weighted by atomic mass is 9.90. The molecule has 2 atom stereocenters. The van der Waals surface area contributed by atoms with Crippen LogP contribution < -0.4 is 10.9 Å². The highest BCUT2D eigenvalue weighted by Gasteiger charge is 2.30. The molecule has 2 aromatic carbocycles. The number of hydrogen-bond donors (Lipinski definition) is 1. The number of allylic oxidation sites excluding steroid dienone is 2. The molecule has 1 aliphatic heterocycles. The second-order valence-electron chi connectivity index (χ2n) is 9.47. The van der Waals surface area contributed by atoms with Crippen LogP contribution >= 0.6 is 11.6 Å². The van der Waals surface area contributed by atoms with E-state index in [0.29, 0.717) is 34.4 Å². The van der Waals surface area contributed by atoms with Gasteiger partial charge < -0.3 is 0 Å². The third kappa shape index (κ3) is 5.89. The summed E-state index contributed by atoms with van der Waals surface area (Å²) < 4.78 is 43.8. The molecule has 0 fully saturated rings. The predicted octanol–water partition coefficient (Wildman–Crippen LogP) is 5.71. The van der Waals surface area contributed by atoms with Gasteiger partial charge in [0.25, 0.3) is 17.4 Å². The lowest BCUT2D eigenvalue weighted by Crippen LogP contribution is -2.22. The first-order valence-corrected chi connectivity index (χ1v) is 14.5. The van der Waals surface area contributed by atoms with Gasteiger partial charge in [0.2, 0.25) is 0 Å². The maximum Gasteiger partial charge on any atom is 0.273 e. The second kappa shape index (κ2) is 12.2. The average Bonchev–Trinajstić information content (AvgIpc) is 3.23. The molecular weight excluding hydrogens is 572 g/mol. The summed E-state index contributed by atoms with van der Waals surface area (Å²) in [5, 5.41) is 2.13. The summed E-state index contributed by atoms with van der Waals surface area (Å²) in [6, 6.07) is 10.7. The van der Waals surface area contributed by atoms with Crippen LogP contribution in [0.3, 0.4) is 0 Å². The molecule has 41 heavy (non-hydrogen) atoms. The number of hydrogen-bond acceptors (Lipinski definition) is 5. The number of benzene rings is 2. The highest BCUT2D eigenvalue weighted by molar-refractivity contribution is 7.84. The van der Waals surface area contributed by atoms with Gasteiger partial charge in [-0.1, -0.05) is 42.8 Å². The van der Waals surface area contributed by atoms with Crippen molar-refractivity contribution in [2.24, 2.45) is 4.99 Å². The molecule has 2 unspecified atom stereocenters. The van der Waals surface area contributed by atoms with Gasteiger partial charge in [0.15, 0.2) is 5.83 Å². The number of carbonyl (C=O) groups excluding carboxylic acids is 2. The van der Waals surface area contributed by atoms with Gasteiger partial charge in [-0.3, -0.25) is 33.5 Å². The van der Waals surface area contributed by atoms with E-state index in [0.717, 1.165) is 10.8 Å². The van der Waals surface area contributed by atoms with E-state index in [-0.39, 0.29) is 21.4 Å². The third-order valence-corrected chi connectivity index (χ3v) is 7.97. The minimum absolute atomic E-state index is 0.107. The molecular formula is C30H26ClF2N3O4S. The molecule has 3 aromatic rings. The molecule has 7 nitrogen and oxygen atoms in total. The van der Waals surface area contributed by atoms with Crippen molar-refractivity contribution in [3.8, 4) is 0 Å². The van der Waals surface area contributed by atoms with Gasteiger partial charge in [-0.25, -0.2) is 8.78 Å². The van der Waals surface area contributed by atoms with Crippen LogP contribution in [0.4, 0.5) is 8.78 Å². The summed E-state index contributed by atoms with van der Waals surface area (Å²) >= 11 is 6.49. The Morgan fingerprint density at radius 3 is 2.56 bits per heavy atom. The van der Waals surface area contributed by atoms with Crippen molar-refractivity contribution >= 4 is 46.1 Å². The number of aliphatic imine (C=N–C) groups is 1. The highest BCUT2D eigenvalue weighted by Crippen LogP contribution is 2.30. The zero-order chi connectivity index (χ0) is 30.0. The number of nitrogens with one attached hydrogen (secondary N) is 1. The number of pyridine rings is 1. The largest absolute Gasteiger partial charge is 0.288 e. The topological polar surface area (TPSA) is 97.6 Å². The lowest BCUT2D eigenvalue weighted by molar-refractivity contribution is 0.0879. The summed E-state index contributed by atoms with van der Waals surface area (Å²) in [6.45, 7) is 5.07. The van der Waals surface area contributed by atoms with Gasteiger partial charge in [0.1, 0.15) is 16.6 Å². The number of aromatic nitrogens is 1. The van der Waals surface area contributed by atoms with Crippen molar-refractivity contribution in [2.45, 2.75) is 38.0 Å². The van der Waals surface area contributed by atoms with E-state index >= 15 is 8.78 Å². The summed E-state index contributed by atoms with van der Waals surface area (Å²) in [5.74, 6) is -3.18. The Balaban J connectivity index is 1.74. The molecule has 0 bridgehead atoms. The van der Waals surface area contributed by atoms with Crippen LogP contribution in [0.1, 0.15) is 62.9 Å². The fraction of sp³-hybridized carbons (Fsp3) is 0.200. The van der Waals surface area contributed by atoms with Gasteiger partial charge in [0, 0.05) is 23.7 Å². The Bertz CT molecular complexity index is 1760. The van der Waals surface area contributed by atoms with Gasteiger partial charge in [0.05, 0.1) is 33.0 Å². The van der Waals surface area contributed by atoms with Crippen molar-refractivity contribution in [1.82, 2.24) is 9.88 Å². The number of imide groups is 1. The fourth-order valence-corrected chi connectivity index (χ4v) is 5.63. The van der Waals surface area contributed by atoms with E-state index in [1.54, 1.807) is 38.1 Å². The standard InChI is InChI=1S/C30H26ClF2N3O4S/c1-5-12-34-27(20-10-7-11-23(26(20)33)41(4)40)22(32)15-36-17(3)14-21(25(31)30(36)39)16(2)13-18-8-6-9-19-24(18)29(38)35-28(19)37/h5-12,14-16H,13H2,1-4H3,(H,35,37,38)/b12-5+,22-15-,34-27+. The van der Waals surface area contributed by atoms with Crippen LogP contribution in [0.5, 0.6) is 0 Å². The molecule has 1 aromatic heterocycles. The normalized spacial score (nSPS) is 15.3. The third-order valence-electron chi connectivity index (χ3n) is 6.66. The molecule has 0 radical (unpaired) electrons. The number of fused-ring (bicyclic) bond motifs is 1. The minimum Gasteiger partial charge on any atom is -0.288 e. The Hall–Kier alpha value is -4.02. The molecule has 2 amide bonds. The van der Waals surface area contributed by atoms with Gasteiger partial charge >= 0.3 is 0 Å². The Morgan fingerprint density at radius 1 is 1.17 bits per heavy atom. The quantitative estimate of drug-likeness (QED) is 0.266. The van der Waals surface area contributed by atoms with Gasteiger partial charge in [-0.2, -0.15) is 0 Å². The molecule has 0 aliphatic carbocycles. The first kappa shape index (κ1) is 30.0. The highest BCUT2D eigenvalue weighted by atomic mass is 35.5. The lowest BCUT2D eigenvalue weighted by Gasteiger charge is -2.17. The maximum atomic E-state index is 15.7. The van der Waals surface area contributed by atoms with Gasteiger partial charge in [-0.15, -0.1) is 0 Å². The summed E-state index contributed by atoms with van der Waals surface area (Å²) in [7, 11) is -1.66. The van der Waals surface area contributed by atoms with E-state index < -0.39 is 45.5 Å². The van der Waals surface area contributed by atoms with Crippen molar-refractivity contribution in [2.75, 3.05) is 6.26 Å². The Morgan fingerprint density at radius 2 is 1.88 bits per heavy atom. The monoisotopic (exact) mass is 597 g/mol. The zero-order valence-corrected chi connectivity index (χ0v) is 24.2. The zero-order valence-electron chi connectivity index (χ0n) is 22.6. The van der Waals surface area contributed by atoms with E-state index in [1.807, 2.05) is 6.92 Å². The molecule has 212 valence electrons. The van der Waals surface area contributed by atoms with Crippen molar-refractivity contribution in [3.63, 3.8) is 0 Å². The fourth-order valence-electron chi connectivity index (χ4n) is 4.67. The molecule has 4 rings (SSSR count). The maximum absolute atomic E-state index is 15.7. The number of carbonyl (C=O) groups is 2. The van der Waals surface area contributed by atoms with Gasteiger partial charge in [-0.05, 0) is 61.6 Å². The van der Waals surface area contributed by atoms with Crippen LogP contribution in [-0.2, 0) is 17.2 Å². The molecule has 2 heterocycles. The average molecular weight is 598 g/mol. The number of halogens is 3. The summed E-state index contributed by atoms with van der Waals surface area (Å²) in [5.41, 5.74) is 0.731. The number of nitrogens with zero attached hydrogens (tertiary/aromatic N) is 2. The molecule has 0 saturated carbocycles. The molecule has 1 aliphatic rings. The molecule has 0 saturated heterocycles. The van der Waals surface area contributed by atoms with Crippen LogP contribution in [0.25, 0.3) is 6.20 Å². The second-order valence-corrected chi connectivity index (χ2v) is 11.2. The van der Waals surface area contributed by atoms with Crippen molar-refractivity contribution in [3.05, 3.63) is 115 Å². The Labute approximate surface area is 242 Å². The SMILES string of the molecule is C/C=C/N=C(/C(F)=C/n1c(C)cc(C(C)Cc2cccc3c2C(=O)NC3=O)c(Cl)c1=O)c1cccc(S(C)=O)c1F. The van der Waals surface area contributed by atoms with Crippen LogP contribution in [0.15, 0.2) is 75.2 Å². The van der Waals surface area contributed by atoms with Crippen LogP contribution in [-0.4, -0.2) is 32.6 Å². The van der Waals surface area contributed by atoms with Crippen molar-refractivity contribution in [1.29, 1.82) is 0 Å². The smallest absolute Gasteiger partial charge is 0.273 e. The number of amides is 2. The number of aryl methyl sites for hydroxylation is 1. The summed E-state index contributed by atoms with van der Waals surface area (Å²) in [6.07, 6.45) is 5.31. The predicted molar refractivity (Wildman–Crippen MR) is 156 cm³/mol. The summed E-state index contributed by atoms with van der Waals surface area (Å²) in [4.78, 5) is 41.6. The van der Waals surface area contributed by atoms with E-state index in [2.05, 4.69) is 10.3 Å². The van der Waals surface area contributed by atoms with Crippen LogP contribution in [0, 0.1) is 12.7 Å². The van der Waals surface area contributed by atoms with Crippen LogP contribution in [0.2, 0.25) is 5.02 Å². The minimum atomic E-state index is -1.66. The van der Waals surface area contributed by atoms with E-state index in [1.165, 1.54) is 36.7 Å². The van der Waals surface area contributed by atoms with E-state index in [4.69, 9.17) is 11.6 Å². The first-order valence-electron chi connectivity index (χ1n) is 12.5. The van der Waals surface area contributed by atoms with Crippen molar-refractivity contribution < 1.29 is 22.6 Å². The molecule has 1 N–H and O–H groups in total. The molecule has 11 heteroatoms. The number of rotatable bonds is 8. The first-order chi connectivity index (χ1) is 19.5. The molecule has 0 spiro atoms. The Kier molecular flexibility index (Phi) is 8.94.